The van der Waals surface area contributed by atoms with E-state index in [1.165, 1.54) is 5.56 Å². The number of carbonyl (C=O) groups is 1. The summed E-state index contributed by atoms with van der Waals surface area (Å²) >= 11 is 5.09. The van der Waals surface area contributed by atoms with Crippen LogP contribution >= 0.6 is 12.2 Å². The van der Waals surface area contributed by atoms with Crippen LogP contribution in [0, 0.1) is 13.8 Å². The summed E-state index contributed by atoms with van der Waals surface area (Å²) in [6, 6.07) is 5.97. The fourth-order valence-electron chi connectivity index (χ4n) is 2.15. The number of fused-ring (bicyclic) bond motifs is 1. The summed E-state index contributed by atoms with van der Waals surface area (Å²) in [7, 11) is 0. The molecule has 1 fully saturated rings. The van der Waals surface area contributed by atoms with E-state index in [1.807, 2.05) is 25.1 Å². The SMILES string of the molecule is Cc1ccc(N2C=CN3C(=S)NNC3C2=O)cc1C. The number of hydrazine groups is 1. The summed E-state index contributed by atoms with van der Waals surface area (Å²) in [6.07, 6.45) is 3.07. The van der Waals surface area contributed by atoms with E-state index in [0.29, 0.717) is 5.11 Å². The van der Waals surface area contributed by atoms with Crippen molar-refractivity contribution in [3.05, 3.63) is 41.7 Å². The van der Waals surface area contributed by atoms with Crippen molar-refractivity contribution >= 4 is 28.9 Å². The molecule has 2 aliphatic heterocycles. The van der Waals surface area contributed by atoms with E-state index >= 15 is 0 Å². The zero-order valence-electron chi connectivity index (χ0n) is 10.7. The van der Waals surface area contributed by atoms with Gasteiger partial charge in [-0.2, -0.15) is 0 Å². The van der Waals surface area contributed by atoms with Gasteiger partial charge in [-0.25, -0.2) is 5.43 Å². The Balaban J connectivity index is 1.96. The molecule has 3 rings (SSSR count). The number of aryl methyl sites for hydroxylation is 2. The number of amides is 1. The van der Waals surface area contributed by atoms with Crippen LogP contribution in [0.2, 0.25) is 0 Å². The molecule has 1 unspecified atom stereocenters. The number of hydrogen-bond donors (Lipinski definition) is 2. The van der Waals surface area contributed by atoms with E-state index < -0.39 is 6.17 Å². The minimum atomic E-state index is -0.473. The minimum absolute atomic E-state index is 0.0573. The second kappa shape index (κ2) is 4.32. The van der Waals surface area contributed by atoms with Gasteiger partial charge in [0.25, 0.3) is 5.91 Å². The van der Waals surface area contributed by atoms with E-state index in [4.69, 9.17) is 12.2 Å². The number of thiocarbonyl (C=S) groups is 1. The quantitative estimate of drug-likeness (QED) is 0.752. The molecule has 2 N–H and O–H groups in total. The van der Waals surface area contributed by atoms with Crippen LogP contribution in [0.25, 0.3) is 0 Å². The third-order valence-corrected chi connectivity index (χ3v) is 3.76. The minimum Gasteiger partial charge on any atom is -0.297 e. The van der Waals surface area contributed by atoms with Crippen LogP contribution < -0.4 is 15.8 Å². The van der Waals surface area contributed by atoms with Gasteiger partial charge in [0.2, 0.25) is 0 Å². The Morgan fingerprint density at radius 3 is 2.74 bits per heavy atom. The Bertz CT molecular complexity index is 598. The average molecular weight is 274 g/mol. The summed E-state index contributed by atoms with van der Waals surface area (Å²) in [5.74, 6) is -0.0573. The van der Waals surface area contributed by atoms with Crippen LogP contribution in [0.1, 0.15) is 11.1 Å². The molecule has 0 bridgehead atoms. The molecule has 6 heteroatoms. The summed E-state index contributed by atoms with van der Waals surface area (Å²) in [5, 5.41) is 0.509. The maximum Gasteiger partial charge on any atom is 0.270 e. The zero-order chi connectivity index (χ0) is 13.6. The lowest BCUT2D eigenvalue weighted by molar-refractivity contribution is -0.122. The van der Waals surface area contributed by atoms with Gasteiger partial charge < -0.3 is 0 Å². The predicted octanol–water partition coefficient (Wildman–Crippen LogP) is 1.14. The first-order chi connectivity index (χ1) is 9.08. The molecule has 0 aliphatic carbocycles. The fraction of sp³-hybridized carbons (Fsp3) is 0.231. The molecule has 98 valence electrons. The van der Waals surface area contributed by atoms with Crippen LogP contribution in [0.4, 0.5) is 5.69 Å². The van der Waals surface area contributed by atoms with E-state index in [-0.39, 0.29) is 5.91 Å². The molecule has 1 atom stereocenters. The number of benzene rings is 1. The van der Waals surface area contributed by atoms with Crippen LogP contribution in [0.5, 0.6) is 0 Å². The van der Waals surface area contributed by atoms with Gasteiger partial charge in [0.05, 0.1) is 0 Å². The Hall–Kier alpha value is -1.92. The Morgan fingerprint density at radius 2 is 2.00 bits per heavy atom. The van der Waals surface area contributed by atoms with Gasteiger partial charge >= 0.3 is 0 Å². The van der Waals surface area contributed by atoms with Gasteiger partial charge in [-0.3, -0.25) is 20.0 Å². The Morgan fingerprint density at radius 1 is 1.21 bits per heavy atom. The molecule has 0 spiro atoms. The van der Waals surface area contributed by atoms with Crippen molar-refractivity contribution in [2.45, 2.75) is 20.0 Å². The zero-order valence-corrected chi connectivity index (χ0v) is 11.5. The number of hydrogen-bond acceptors (Lipinski definition) is 3. The van der Waals surface area contributed by atoms with E-state index in [0.717, 1.165) is 11.3 Å². The third-order valence-electron chi connectivity index (χ3n) is 3.44. The monoisotopic (exact) mass is 274 g/mol. The maximum atomic E-state index is 12.4. The van der Waals surface area contributed by atoms with Crippen molar-refractivity contribution in [2.24, 2.45) is 0 Å². The average Bonchev–Trinajstić information content (AvgIpc) is 2.76. The molecule has 1 amide bonds. The molecule has 2 heterocycles. The Labute approximate surface area is 116 Å². The van der Waals surface area contributed by atoms with Crippen molar-refractivity contribution in [3.8, 4) is 0 Å². The highest BCUT2D eigenvalue weighted by Crippen LogP contribution is 2.24. The van der Waals surface area contributed by atoms with Crippen LogP contribution in [0.15, 0.2) is 30.6 Å². The lowest BCUT2D eigenvalue weighted by Crippen LogP contribution is -2.51. The second-order valence-electron chi connectivity index (χ2n) is 4.66. The van der Waals surface area contributed by atoms with Gasteiger partial charge in [0.15, 0.2) is 11.3 Å². The van der Waals surface area contributed by atoms with Crippen molar-refractivity contribution < 1.29 is 4.79 Å². The van der Waals surface area contributed by atoms with Crippen molar-refractivity contribution in [3.63, 3.8) is 0 Å². The molecule has 1 aromatic rings. The molecule has 1 aromatic carbocycles. The third kappa shape index (κ3) is 1.89. The lowest BCUT2D eigenvalue weighted by atomic mass is 10.1. The second-order valence-corrected chi connectivity index (χ2v) is 5.05. The van der Waals surface area contributed by atoms with E-state index in [1.54, 1.807) is 22.2 Å². The number of rotatable bonds is 1. The first-order valence-corrected chi connectivity index (χ1v) is 6.41. The molecular formula is C13H14N4OS. The van der Waals surface area contributed by atoms with E-state index in [9.17, 15) is 4.79 Å². The lowest BCUT2D eigenvalue weighted by Gasteiger charge is -2.30. The molecule has 1 saturated heterocycles. The number of anilines is 1. The summed E-state index contributed by atoms with van der Waals surface area (Å²) in [5.41, 5.74) is 8.90. The van der Waals surface area contributed by atoms with Gasteiger partial charge in [0.1, 0.15) is 0 Å². The highest BCUT2D eigenvalue weighted by Gasteiger charge is 2.38. The van der Waals surface area contributed by atoms with Crippen LogP contribution in [-0.4, -0.2) is 22.1 Å². The maximum absolute atomic E-state index is 12.4. The first kappa shape index (κ1) is 12.1. The smallest absolute Gasteiger partial charge is 0.270 e. The van der Waals surface area contributed by atoms with Gasteiger partial charge in [-0.1, -0.05) is 6.07 Å². The molecule has 19 heavy (non-hydrogen) atoms. The van der Waals surface area contributed by atoms with Gasteiger partial charge in [0, 0.05) is 18.1 Å². The number of nitrogens with one attached hydrogen (secondary N) is 2. The molecular weight excluding hydrogens is 260 g/mol. The van der Waals surface area contributed by atoms with Gasteiger partial charge in [-0.15, -0.1) is 0 Å². The van der Waals surface area contributed by atoms with Crippen LogP contribution in [0.3, 0.4) is 0 Å². The van der Waals surface area contributed by atoms with Crippen molar-refractivity contribution in [1.82, 2.24) is 15.8 Å². The molecule has 5 nitrogen and oxygen atoms in total. The van der Waals surface area contributed by atoms with Crippen molar-refractivity contribution in [2.75, 3.05) is 4.90 Å². The number of nitrogens with zero attached hydrogens (tertiary/aromatic N) is 2. The normalized spacial score (nSPS) is 21.7. The van der Waals surface area contributed by atoms with Crippen molar-refractivity contribution in [1.29, 1.82) is 0 Å². The summed E-state index contributed by atoms with van der Waals surface area (Å²) in [4.78, 5) is 15.8. The first-order valence-electron chi connectivity index (χ1n) is 6.00. The molecule has 0 radical (unpaired) electrons. The van der Waals surface area contributed by atoms with E-state index in [2.05, 4.69) is 17.8 Å². The number of carbonyl (C=O) groups excluding carboxylic acids is 1. The molecule has 0 saturated carbocycles. The molecule has 2 aliphatic rings. The summed E-state index contributed by atoms with van der Waals surface area (Å²) < 4.78 is 0. The fourth-order valence-corrected chi connectivity index (χ4v) is 2.37. The topological polar surface area (TPSA) is 47.6 Å². The highest BCUT2D eigenvalue weighted by molar-refractivity contribution is 7.80. The largest absolute Gasteiger partial charge is 0.297 e. The van der Waals surface area contributed by atoms with Crippen LogP contribution in [-0.2, 0) is 4.79 Å². The standard InChI is InChI=1S/C13H14N4OS/c1-8-3-4-10(7-9(8)2)16-5-6-17-11(12(16)18)14-15-13(17)19/h3-7,11,14H,1-2H3,(H,15,19). The Kier molecular flexibility index (Phi) is 2.76. The highest BCUT2D eigenvalue weighted by atomic mass is 32.1. The molecule has 0 aromatic heterocycles. The summed E-state index contributed by atoms with van der Waals surface area (Å²) in [6.45, 7) is 4.09. The predicted molar refractivity (Wildman–Crippen MR) is 77.0 cm³/mol. The van der Waals surface area contributed by atoms with Gasteiger partial charge in [-0.05, 0) is 49.3 Å².